The van der Waals surface area contributed by atoms with Gasteiger partial charge in [0.15, 0.2) is 63.6 Å². The number of fused-ring (bicyclic) bond motifs is 12. The standard InChI is InChI=1S/3C21H18F2N6O2.C11H8F2N2O2.C10H12N4O/c3*1-28-19-16(24-6-7-25-19)12-8-13(12)17(21(28)31)26-20(30)18-15(23)10-29(27-18)9-11-4-2-3-5-14(11)22;12-8-4-2-1-3-7(8)5-15-6-9(13)10(14-15)11(16)17;1-14-9-8(12-2-3-13-9)6-4-5(6)7(11)10(14)15/h3*2-7,10,12-13,17H,8-9H2,1H3,(H,26,30);1-4,6H,5H2,(H,16,17);2-3,5-7H,4,11H2,1H3/t12-,13?,17+;2*12-,13+,17+;;5?,6-,7+/m110.1/s1. The summed E-state index contributed by atoms with van der Waals surface area (Å²) in [7, 11) is 6.43. The van der Waals surface area contributed by atoms with Gasteiger partial charge >= 0.3 is 5.97 Å². The summed E-state index contributed by atoms with van der Waals surface area (Å²) >= 11 is 0. The molecule has 12 heterocycles. The summed E-state index contributed by atoms with van der Waals surface area (Å²) in [6.45, 7) is -0.102. The molecular formula is C84H74F8N24O9. The van der Waals surface area contributed by atoms with E-state index in [2.05, 4.69) is 76.2 Å². The second-order valence-corrected chi connectivity index (χ2v) is 30.8. The van der Waals surface area contributed by atoms with E-state index < -0.39 is 117 Å². The third-order valence-corrected chi connectivity index (χ3v) is 22.7. The molecule has 6 N–H and O–H groups in total. The number of aromatic nitrogens is 16. The molecule has 20 rings (SSSR count). The molecule has 4 aromatic carbocycles. The molecule has 41 heteroatoms. The minimum Gasteiger partial charge on any atom is -0.476 e. The van der Waals surface area contributed by atoms with E-state index in [0.717, 1.165) is 72.7 Å². The molecule has 8 aromatic heterocycles. The van der Waals surface area contributed by atoms with Gasteiger partial charge in [-0.05, 0) is 73.6 Å². The zero-order chi connectivity index (χ0) is 88.1. The first-order valence-electron chi connectivity index (χ1n) is 39.2. The highest BCUT2D eigenvalue weighted by atomic mass is 19.2. The molecule has 0 bridgehead atoms. The third kappa shape index (κ3) is 17.3. The summed E-state index contributed by atoms with van der Waals surface area (Å²) in [5.41, 5.74) is 8.24. The summed E-state index contributed by atoms with van der Waals surface area (Å²) in [5.74, 6) is -7.90. The molecule has 0 spiro atoms. The number of halogens is 8. The molecule has 4 aliphatic heterocycles. The molecule has 12 atom stereocenters. The third-order valence-electron chi connectivity index (χ3n) is 22.7. The number of nitrogens with one attached hydrogen (secondary N) is 3. The van der Waals surface area contributed by atoms with Crippen LogP contribution in [0.25, 0.3) is 0 Å². The van der Waals surface area contributed by atoms with Crippen LogP contribution in [-0.2, 0) is 45.4 Å². The van der Waals surface area contributed by atoms with E-state index in [4.69, 9.17) is 10.8 Å². The minimum atomic E-state index is -1.45. The SMILES string of the molecule is CN1C(=O)[C@@H](N)C2C[C@H]2c2nccnc21.CN1C(=O)[C@@H](NC(=O)c2nn(Cc3ccccc3F)cc2F)C2C[C@H]2c2nccnc21.CN1C(=O)[C@@H](NC(=O)c2nn(Cc3ccccc3F)cc2F)[C@H]2C[C@H]2c2nccnc21.CN1C(=O)[C@H](NC(=O)c2nn(Cc3ccccc3F)cc2F)[C@@H]2C[C@@H]2c2nccnc21.O=C(O)c1nn(Cc2ccccc2F)cc1F. The van der Waals surface area contributed by atoms with Crippen molar-refractivity contribution in [2.24, 2.45) is 29.4 Å². The van der Waals surface area contributed by atoms with E-state index in [-0.39, 0.29) is 91.2 Å². The van der Waals surface area contributed by atoms with Gasteiger partial charge in [0, 0.05) is 124 Å². The Hall–Kier alpha value is -14.8. The van der Waals surface area contributed by atoms with Crippen molar-refractivity contribution in [3.05, 3.63) is 286 Å². The van der Waals surface area contributed by atoms with Gasteiger partial charge in [-0.15, -0.1) is 0 Å². The molecule has 0 saturated heterocycles. The topological polar surface area (TPSA) is 406 Å². The Balaban J connectivity index is 0.000000118. The predicted molar refractivity (Wildman–Crippen MR) is 425 cm³/mol. The fourth-order valence-corrected chi connectivity index (χ4v) is 15.9. The lowest BCUT2D eigenvalue weighted by molar-refractivity contribution is -0.121. The minimum absolute atomic E-state index is 0.00589. The molecule has 4 aliphatic carbocycles. The summed E-state index contributed by atoms with van der Waals surface area (Å²) in [5, 5.41) is 31.9. The Labute approximate surface area is 703 Å². The monoisotopic (exact) mass is 1710 g/mol. The average Bonchev–Trinajstić information content (AvgIpc) is 1.59. The van der Waals surface area contributed by atoms with Crippen molar-refractivity contribution in [3.63, 3.8) is 0 Å². The molecular weight excluding hydrogens is 1640 g/mol. The summed E-state index contributed by atoms with van der Waals surface area (Å²) in [6, 6.07) is 21.3. The van der Waals surface area contributed by atoms with Crippen molar-refractivity contribution in [1.29, 1.82) is 0 Å². The maximum atomic E-state index is 14.4. The Bertz CT molecular complexity index is 5810. The van der Waals surface area contributed by atoms with Crippen LogP contribution in [0.5, 0.6) is 0 Å². The van der Waals surface area contributed by atoms with Crippen LogP contribution < -0.4 is 41.3 Å². The number of carbonyl (C=O) groups excluding carboxylic acids is 7. The largest absolute Gasteiger partial charge is 0.476 e. The number of rotatable bonds is 15. The summed E-state index contributed by atoms with van der Waals surface area (Å²) in [6.07, 6.45) is 19.6. The molecule has 33 nitrogen and oxygen atoms in total. The van der Waals surface area contributed by atoms with E-state index in [1.54, 1.807) is 120 Å². The second kappa shape index (κ2) is 34.6. The van der Waals surface area contributed by atoms with Crippen LogP contribution in [0.4, 0.5) is 58.4 Å². The van der Waals surface area contributed by atoms with Gasteiger partial charge in [0.05, 0.1) is 79.8 Å². The Morgan fingerprint density at radius 1 is 0.344 bits per heavy atom. The molecule has 7 amide bonds. The van der Waals surface area contributed by atoms with E-state index in [1.807, 2.05) is 0 Å². The number of nitrogens with two attached hydrogens (primary N) is 1. The molecule has 8 aliphatic rings. The first-order chi connectivity index (χ1) is 60.1. The number of nitrogens with zero attached hydrogens (tertiary/aromatic N) is 20. The van der Waals surface area contributed by atoms with Crippen molar-refractivity contribution in [1.82, 2.24) is 94.9 Å². The lowest BCUT2D eigenvalue weighted by Crippen LogP contribution is -2.48. The van der Waals surface area contributed by atoms with E-state index >= 15 is 0 Å². The van der Waals surface area contributed by atoms with Gasteiger partial charge in [-0.3, -0.25) is 91.8 Å². The number of anilines is 4. The molecule has 2 unspecified atom stereocenters. The zero-order valence-corrected chi connectivity index (χ0v) is 66.5. The molecule has 640 valence electrons. The van der Waals surface area contributed by atoms with E-state index in [1.165, 1.54) is 74.6 Å². The van der Waals surface area contributed by atoms with Crippen LogP contribution in [0.3, 0.4) is 0 Å². The van der Waals surface area contributed by atoms with Crippen LogP contribution in [0.15, 0.2) is 171 Å². The van der Waals surface area contributed by atoms with Gasteiger partial charge in [-0.25, -0.2) is 59.9 Å². The number of likely N-dealkylation sites (N-methyl/N-ethyl adjacent to an activating group) is 4. The van der Waals surface area contributed by atoms with Crippen molar-refractivity contribution in [2.75, 3.05) is 47.8 Å². The van der Waals surface area contributed by atoms with Gasteiger partial charge < -0.3 is 26.8 Å². The quantitative estimate of drug-likeness (QED) is 0.0623. The van der Waals surface area contributed by atoms with Gasteiger partial charge in [0.1, 0.15) is 41.4 Å². The van der Waals surface area contributed by atoms with E-state index in [0.29, 0.717) is 70.7 Å². The summed E-state index contributed by atoms with van der Waals surface area (Å²) in [4.78, 5) is 140. The summed E-state index contributed by atoms with van der Waals surface area (Å²) < 4.78 is 116. The number of hydrogen-bond donors (Lipinski definition) is 5. The van der Waals surface area contributed by atoms with Crippen LogP contribution in [0.2, 0.25) is 0 Å². The molecule has 12 aromatic rings. The Morgan fingerprint density at radius 2 is 0.576 bits per heavy atom. The highest BCUT2D eigenvalue weighted by Crippen LogP contribution is 2.56. The second-order valence-electron chi connectivity index (χ2n) is 30.8. The molecule has 4 saturated carbocycles. The van der Waals surface area contributed by atoms with Crippen LogP contribution in [0.1, 0.15) is 136 Å². The van der Waals surface area contributed by atoms with Gasteiger partial charge in [0.2, 0.25) is 11.6 Å². The number of hydrogen-bond acceptors (Lipinski definition) is 21. The van der Waals surface area contributed by atoms with Crippen molar-refractivity contribution < 1.29 is 78.6 Å². The van der Waals surface area contributed by atoms with E-state index in [9.17, 15) is 73.5 Å². The molecule has 0 radical (unpaired) electrons. The first-order valence-corrected chi connectivity index (χ1v) is 39.2. The zero-order valence-electron chi connectivity index (χ0n) is 66.5. The highest BCUT2D eigenvalue weighted by Gasteiger charge is 2.57. The maximum Gasteiger partial charge on any atom is 0.359 e. The van der Waals surface area contributed by atoms with Crippen LogP contribution in [0, 0.1) is 70.2 Å². The number of carboxylic acids is 1. The smallest absolute Gasteiger partial charge is 0.359 e. The maximum absolute atomic E-state index is 14.4. The Morgan fingerprint density at radius 3 is 0.840 bits per heavy atom. The van der Waals surface area contributed by atoms with Gasteiger partial charge in [0.25, 0.3) is 35.4 Å². The first kappa shape index (κ1) is 83.8. The molecule has 125 heavy (non-hydrogen) atoms. The average molecular weight is 1720 g/mol. The van der Waals surface area contributed by atoms with Crippen molar-refractivity contribution in [2.45, 2.75) is 99.7 Å². The highest BCUT2D eigenvalue weighted by molar-refractivity contribution is 6.05. The number of benzene rings is 4. The van der Waals surface area contributed by atoms with Crippen molar-refractivity contribution >= 4 is 70.6 Å². The van der Waals surface area contributed by atoms with Crippen molar-refractivity contribution in [3.8, 4) is 0 Å². The lowest BCUT2D eigenvalue weighted by Gasteiger charge is -2.22. The normalized spacial score (nSPS) is 21.6. The van der Waals surface area contributed by atoms with Gasteiger partial charge in [-0.2, -0.15) is 20.4 Å². The molecule has 4 fully saturated rings. The predicted octanol–water partition coefficient (Wildman–Crippen LogP) is 7.43. The van der Waals surface area contributed by atoms with Crippen LogP contribution >= 0.6 is 0 Å². The van der Waals surface area contributed by atoms with Gasteiger partial charge in [-0.1, -0.05) is 72.8 Å². The lowest BCUT2D eigenvalue weighted by atomic mass is 10.1. The number of amides is 7. The van der Waals surface area contributed by atoms with Crippen LogP contribution in [-0.4, -0.2) is 184 Å². The fourth-order valence-electron chi connectivity index (χ4n) is 15.9. The Kier molecular flexibility index (Phi) is 23.2. The number of carboxylic acid groups (broad SMARTS) is 1. The number of aromatic carboxylic acids is 1. The number of carbonyl (C=O) groups is 8. The fraction of sp³-hybridized carbons (Fsp3) is 0.286.